The van der Waals surface area contributed by atoms with Crippen molar-refractivity contribution in [2.24, 2.45) is 0 Å². The number of carbonyl (C=O) groups excluding carboxylic acids is 1. The first-order valence-corrected chi connectivity index (χ1v) is 5.84. The van der Waals surface area contributed by atoms with Crippen LogP contribution in [-0.2, 0) is 4.79 Å². The average Bonchev–Trinajstić information content (AvgIpc) is 2.20. The topological polar surface area (TPSA) is 32.3 Å². The van der Waals surface area contributed by atoms with Crippen molar-refractivity contribution in [3.63, 3.8) is 0 Å². The fourth-order valence-corrected chi connectivity index (χ4v) is 1.82. The third-order valence-electron chi connectivity index (χ3n) is 2.11. The van der Waals surface area contributed by atoms with Crippen molar-refractivity contribution in [1.29, 1.82) is 0 Å². The zero-order valence-electron chi connectivity index (χ0n) is 9.13. The molecular weight excluding hydrogens is 291 g/mol. The van der Waals surface area contributed by atoms with Crippen molar-refractivity contribution in [1.82, 2.24) is 4.90 Å². The maximum Gasteiger partial charge on any atom is 0.241 e. The van der Waals surface area contributed by atoms with Crippen molar-refractivity contribution >= 4 is 39.1 Å². The second-order valence-corrected chi connectivity index (χ2v) is 4.88. The van der Waals surface area contributed by atoms with Gasteiger partial charge in [-0.25, -0.2) is 0 Å². The number of nitrogens with one attached hydrogen (secondary N) is 1. The predicted octanol–water partition coefficient (Wildman–Crippen LogP) is 2.81. The summed E-state index contributed by atoms with van der Waals surface area (Å²) in [5.74, 6) is -0.159. The molecule has 1 unspecified atom stereocenters. The molecule has 0 aromatic heterocycles. The highest BCUT2D eigenvalue weighted by atomic mass is 79.9. The average molecular weight is 305 g/mol. The maximum absolute atomic E-state index is 11.7. The van der Waals surface area contributed by atoms with Crippen LogP contribution in [0.25, 0.3) is 0 Å². The lowest BCUT2D eigenvalue weighted by molar-refractivity contribution is -0.119. The van der Waals surface area contributed by atoms with E-state index in [4.69, 9.17) is 11.6 Å². The van der Waals surface area contributed by atoms with Crippen molar-refractivity contribution in [2.45, 2.75) is 6.04 Å². The molecule has 0 aliphatic heterocycles. The summed E-state index contributed by atoms with van der Waals surface area (Å²) in [6.07, 6.45) is 0. The molecule has 0 spiro atoms. The van der Waals surface area contributed by atoms with Crippen molar-refractivity contribution < 1.29 is 4.79 Å². The first-order chi connectivity index (χ1) is 7.41. The van der Waals surface area contributed by atoms with E-state index in [1.54, 1.807) is 37.2 Å². The first-order valence-electron chi connectivity index (χ1n) is 4.67. The highest BCUT2D eigenvalue weighted by Crippen LogP contribution is 2.25. The first kappa shape index (κ1) is 13.5. The van der Waals surface area contributed by atoms with Crippen LogP contribution in [0.15, 0.2) is 22.7 Å². The number of anilines is 1. The van der Waals surface area contributed by atoms with Gasteiger partial charge in [0.1, 0.15) is 0 Å². The molecule has 1 atom stereocenters. The Hall–Kier alpha value is -0.580. The molecule has 3 nitrogen and oxygen atoms in total. The monoisotopic (exact) mass is 303 g/mol. The van der Waals surface area contributed by atoms with Gasteiger partial charge in [0.05, 0.1) is 11.7 Å². The molecule has 5 heteroatoms. The van der Waals surface area contributed by atoms with Crippen LogP contribution in [0.4, 0.5) is 5.69 Å². The molecule has 0 bridgehead atoms. The fraction of sp³-hybridized carbons (Fsp3) is 0.273. The lowest BCUT2D eigenvalue weighted by Crippen LogP contribution is -2.37. The second kappa shape index (κ2) is 5.66. The van der Waals surface area contributed by atoms with Gasteiger partial charge in [-0.2, -0.15) is 0 Å². The number of nitrogens with zero attached hydrogens (tertiary/aromatic N) is 1. The SMILES string of the molecule is [CH2]C(C(=O)Nc1ccc(Cl)cc1Br)N(C)C. The lowest BCUT2D eigenvalue weighted by atomic mass is 10.2. The molecule has 0 aliphatic carbocycles. The third-order valence-corrected chi connectivity index (χ3v) is 3.01. The van der Waals surface area contributed by atoms with Crippen LogP contribution in [0.1, 0.15) is 0 Å². The molecule has 1 rings (SSSR count). The van der Waals surface area contributed by atoms with Crippen LogP contribution in [0.5, 0.6) is 0 Å². The van der Waals surface area contributed by atoms with E-state index < -0.39 is 6.04 Å². The molecule has 87 valence electrons. The Balaban J connectivity index is 2.77. The zero-order valence-corrected chi connectivity index (χ0v) is 11.5. The van der Waals surface area contributed by atoms with Crippen LogP contribution in [-0.4, -0.2) is 30.9 Å². The molecule has 1 amide bonds. The Bertz CT molecular complexity index is 396. The summed E-state index contributed by atoms with van der Waals surface area (Å²) < 4.78 is 0.749. The van der Waals surface area contributed by atoms with E-state index in [1.165, 1.54) is 0 Å². The number of hydrogen-bond acceptors (Lipinski definition) is 2. The Morgan fingerprint density at radius 2 is 2.19 bits per heavy atom. The highest BCUT2D eigenvalue weighted by Gasteiger charge is 2.15. The van der Waals surface area contributed by atoms with Crippen LogP contribution in [0, 0.1) is 6.92 Å². The van der Waals surface area contributed by atoms with Gasteiger partial charge >= 0.3 is 0 Å². The Labute approximate surface area is 109 Å². The van der Waals surface area contributed by atoms with E-state index in [1.807, 2.05) is 0 Å². The molecule has 16 heavy (non-hydrogen) atoms. The van der Waals surface area contributed by atoms with Gasteiger partial charge in [0.2, 0.25) is 5.91 Å². The Kier molecular flexibility index (Phi) is 4.77. The molecule has 1 N–H and O–H groups in total. The lowest BCUT2D eigenvalue weighted by Gasteiger charge is -2.19. The fourth-order valence-electron chi connectivity index (χ4n) is 1.04. The molecule has 0 saturated carbocycles. The molecule has 0 heterocycles. The minimum atomic E-state index is -0.428. The van der Waals surface area contributed by atoms with E-state index in [-0.39, 0.29) is 5.91 Å². The molecule has 1 radical (unpaired) electrons. The van der Waals surface area contributed by atoms with E-state index in [2.05, 4.69) is 28.2 Å². The third kappa shape index (κ3) is 3.47. The van der Waals surface area contributed by atoms with Gasteiger partial charge in [-0.15, -0.1) is 0 Å². The molecule has 1 aromatic rings. The second-order valence-electron chi connectivity index (χ2n) is 3.59. The van der Waals surface area contributed by atoms with Gasteiger partial charge in [0.25, 0.3) is 0 Å². The number of benzene rings is 1. The normalized spacial score (nSPS) is 12.6. The number of amides is 1. The zero-order chi connectivity index (χ0) is 12.3. The van der Waals surface area contributed by atoms with Crippen LogP contribution in [0.2, 0.25) is 5.02 Å². The molecule has 0 aliphatic rings. The summed E-state index contributed by atoms with van der Waals surface area (Å²) in [5, 5.41) is 3.38. The molecule has 0 fully saturated rings. The smallest absolute Gasteiger partial charge is 0.241 e. The van der Waals surface area contributed by atoms with E-state index >= 15 is 0 Å². The van der Waals surface area contributed by atoms with E-state index in [0.29, 0.717) is 10.7 Å². The minimum absolute atomic E-state index is 0.159. The maximum atomic E-state index is 11.7. The Morgan fingerprint density at radius 1 is 1.56 bits per heavy atom. The van der Waals surface area contributed by atoms with Crippen molar-refractivity contribution in [3.05, 3.63) is 34.6 Å². The van der Waals surface area contributed by atoms with Gasteiger partial charge in [-0.1, -0.05) is 11.6 Å². The number of halogens is 2. The summed E-state index contributed by atoms with van der Waals surface area (Å²) in [7, 11) is 3.60. The van der Waals surface area contributed by atoms with Gasteiger partial charge in [0, 0.05) is 9.50 Å². The molecular formula is C11H13BrClN2O. The summed E-state index contributed by atoms with van der Waals surface area (Å²) in [5.41, 5.74) is 0.685. The van der Waals surface area contributed by atoms with E-state index in [0.717, 1.165) is 4.47 Å². The van der Waals surface area contributed by atoms with Gasteiger partial charge < -0.3 is 5.32 Å². The van der Waals surface area contributed by atoms with E-state index in [9.17, 15) is 4.79 Å². The standard InChI is InChI=1S/C11H13BrClN2O/c1-7(15(2)3)11(16)14-10-5-4-8(13)6-9(10)12/h4-7H,1H2,2-3H3,(H,14,16). The minimum Gasteiger partial charge on any atom is -0.324 e. The van der Waals surface area contributed by atoms with Crippen LogP contribution >= 0.6 is 27.5 Å². The largest absolute Gasteiger partial charge is 0.324 e. The van der Waals surface area contributed by atoms with Crippen LogP contribution in [0.3, 0.4) is 0 Å². The van der Waals surface area contributed by atoms with Crippen molar-refractivity contribution in [3.8, 4) is 0 Å². The number of carbonyl (C=O) groups is 1. The number of hydrogen-bond donors (Lipinski definition) is 1. The quantitative estimate of drug-likeness (QED) is 0.931. The summed E-state index contributed by atoms with van der Waals surface area (Å²) in [6.45, 7) is 3.75. The Morgan fingerprint density at radius 3 is 2.69 bits per heavy atom. The summed E-state index contributed by atoms with van der Waals surface area (Å²) in [4.78, 5) is 13.5. The summed E-state index contributed by atoms with van der Waals surface area (Å²) in [6, 6.07) is 4.76. The van der Waals surface area contributed by atoms with Crippen LogP contribution < -0.4 is 5.32 Å². The predicted molar refractivity (Wildman–Crippen MR) is 70.6 cm³/mol. The number of rotatable bonds is 3. The number of likely N-dealkylation sites (N-methyl/N-ethyl adjacent to an activating group) is 1. The van der Waals surface area contributed by atoms with Crippen molar-refractivity contribution in [2.75, 3.05) is 19.4 Å². The van der Waals surface area contributed by atoms with Gasteiger partial charge in [-0.3, -0.25) is 9.69 Å². The molecule has 1 aromatic carbocycles. The van der Waals surface area contributed by atoms with Gasteiger partial charge in [-0.05, 0) is 55.1 Å². The molecule has 0 saturated heterocycles. The summed E-state index contributed by atoms with van der Waals surface area (Å²) >= 11 is 9.13. The highest BCUT2D eigenvalue weighted by molar-refractivity contribution is 9.10. The van der Waals surface area contributed by atoms with Gasteiger partial charge in [0.15, 0.2) is 0 Å².